The van der Waals surface area contributed by atoms with Crippen LogP contribution in [0.4, 0.5) is 0 Å². The number of thiophene rings is 1. The van der Waals surface area contributed by atoms with E-state index < -0.39 is 23.1 Å². The highest BCUT2D eigenvalue weighted by atomic mass is 32.1. The fourth-order valence-electron chi connectivity index (χ4n) is 2.87. The summed E-state index contributed by atoms with van der Waals surface area (Å²) in [6.45, 7) is 5.65. The lowest BCUT2D eigenvalue weighted by atomic mass is 9.83. The summed E-state index contributed by atoms with van der Waals surface area (Å²) in [7, 11) is 0. The number of pyridine rings is 1. The molecule has 0 spiro atoms. The van der Waals surface area contributed by atoms with Gasteiger partial charge in [0.1, 0.15) is 6.04 Å². The lowest BCUT2D eigenvalue weighted by molar-refractivity contribution is -0.130. The third-order valence-electron chi connectivity index (χ3n) is 4.10. The van der Waals surface area contributed by atoms with Gasteiger partial charge in [0.25, 0.3) is 5.91 Å². The molecule has 1 aliphatic heterocycles. The number of aliphatic hydroxyl groups excluding tert-OH is 1. The summed E-state index contributed by atoms with van der Waals surface area (Å²) < 4.78 is 0. The molecule has 2 aromatic heterocycles. The maximum absolute atomic E-state index is 12.9. The molecule has 3 rings (SSSR count). The molecule has 1 atom stereocenters. The van der Waals surface area contributed by atoms with Gasteiger partial charge in [-0.25, -0.2) is 0 Å². The minimum atomic E-state index is -0.713. The molecule has 6 heteroatoms. The summed E-state index contributed by atoms with van der Waals surface area (Å²) in [5.74, 6) is -1.24. The second-order valence-corrected chi connectivity index (χ2v) is 8.04. The van der Waals surface area contributed by atoms with Gasteiger partial charge in [-0.3, -0.25) is 14.6 Å². The Kier molecular flexibility index (Phi) is 4.47. The van der Waals surface area contributed by atoms with Gasteiger partial charge in [0, 0.05) is 16.5 Å². The van der Waals surface area contributed by atoms with Crippen molar-refractivity contribution in [1.82, 2.24) is 9.88 Å². The summed E-state index contributed by atoms with van der Waals surface area (Å²) >= 11 is 1.53. The molecule has 1 amide bonds. The van der Waals surface area contributed by atoms with E-state index in [4.69, 9.17) is 0 Å². The normalized spacial score (nSPS) is 18.1. The van der Waals surface area contributed by atoms with Crippen molar-refractivity contribution >= 4 is 23.0 Å². The van der Waals surface area contributed by atoms with E-state index in [9.17, 15) is 14.7 Å². The highest BCUT2D eigenvalue weighted by Gasteiger charge is 2.46. The van der Waals surface area contributed by atoms with Crippen LogP contribution in [0.2, 0.25) is 0 Å². The molecule has 1 aliphatic rings. The number of carbonyl (C=O) groups is 2. The highest BCUT2D eigenvalue weighted by Crippen LogP contribution is 2.41. The summed E-state index contributed by atoms with van der Waals surface area (Å²) in [5, 5.41) is 12.4. The molecule has 3 heterocycles. The van der Waals surface area contributed by atoms with Crippen LogP contribution in [0.3, 0.4) is 0 Å². The second kappa shape index (κ2) is 6.44. The monoisotopic (exact) mass is 356 g/mol. The van der Waals surface area contributed by atoms with Gasteiger partial charge in [-0.2, -0.15) is 0 Å². The number of aliphatic hydroxyl groups is 1. The average molecular weight is 356 g/mol. The smallest absolute Gasteiger partial charge is 0.290 e. The van der Waals surface area contributed by atoms with Crippen molar-refractivity contribution in [2.24, 2.45) is 5.41 Å². The Labute approximate surface area is 150 Å². The van der Waals surface area contributed by atoms with E-state index in [1.807, 2.05) is 23.6 Å². The van der Waals surface area contributed by atoms with Crippen LogP contribution in [-0.4, -0.2) is 26.7 Å². The van der Waals surface area contributed by atoms with Gasteiger partial charge < -0.3 is 10.0 Å². The van der Waals surface area contributed by atoms with E-state index in [2.05, 4.69) is 4.98 Å². The van der Waals surface area contributed by atoms with Gasteiger partial charge in [0.05, 0.1) is 17.8 Å². The van der Waals surface area contributed by atoms with E-state index >= 15 is 0 Å². The number of amides is 1. The van der Waals surface area contributed by atoms with Gasteiger partial charge in [0.15, 0.2) is 11.5 Å². The van der Waals surface area contributed by atoms with E-state index in [-0.39, 0.29) is 11.4 Å². The Bertz CT molecular complexity index is 820. The van der Waals surface area contributed by atoms with Gasteiger partial charge in [-0.15, -0.1) is 11.3 Å². The molecule has 0 saturated heterocycles. The Morgan fingerprint density at radius 2 is 2.04 bits per heavy atom. The standard InChI is InChI=1S/C19H20N2O3S/c1-19(2,3)17(23)14-15(13-8-4-5-9-20-13)21(18(24)16(14)22)11-12-7-6-10-25-12/h4-10,15,22H,11H2,1-3H3. The SMILES string of the molecule is CC(C)(C)C(=O)C1=C(O)C(=O)N(Cc2cccs2)C1c1ccccn1. The quantitative estimate of drug-likeness (QED) is 0.908. The van der Waals surface area contributed by atoms with Crippen molar-refractivity contribution in [3.8, 4) is 0 Å². The first kappa shape index (κ1) is 17.4. The van der Waals surface area contributed by atoms with Gasteiger partial charge in [0.2, 0.25) is 0 Å². The first-order valence-electron chi connectivity index (χ1n) is 8.03. The Hall–Kier alpha value is -2.47. The maximum Gasteiger partial charge on any atom is 0.290 e. The molecule has 5 nitrogen and oxygen atoms in total. The van der Waals surface area contributed by atoms with E-state index in [0.29, 0.717) is 12.2 Å². The molecule has 1 N–H and O–H groups in total. The summed E-state index contributed by atoms with van der Waals surface area (Å²) in [5.41, 5.74) is -0.00735. The maximum atomic E-state index is 12.9. The number of nitrogens with zero attached hydrogens (tertiary/aromatic N) is 2. The van der Waals surface area contributed by atoms with Crippen molar-refractivity contribution < 1.29 is 14.7 Å². The fraction of sp³-hybridized carbons (Fsp3) is 0.316. The highest BCUT2D eigenvalue weighted by molar-refractivity contribution is 7.09. The zero-order valence-corrected chi connectivity index (χ0v) is 15.2. The number of Topliss-reactive ketones (excluding diaryl/α,β-unsaturated/α-hetero) is 1. The van der Waals surface area contributed by atoms with Crippen molar-refractivity contribution in [2.75, 3.05) is 0 Å². The first-order valence-corrected chi connectivity index (χ1v) is 8.91. The number of hydrogen-bond acceptors (Lipinski definition) is 5. The molecule has 0 radical (unpaired) electrons. The number of carbonyl (C=O) groups excluding carboxylic acids is 2. The van der Waals surface area contributed by atoms with Crippen LogP contribution in [0.15, 0.2) is 53.2 Å². The van der Waals surface area contributed by atoms with E-state index in [0.717, 1.165) is 4.88 Å². The third-order valence-corrected chi connectivity index (χ3v) is 4.96. The molecular formula is C19H20N2O3S. The molecular weight excluding hydrogens is 336 g/mol. The molecule has 0 bridgehead atoms. The number of hydrogen-bond donors (Lipinski definition) is 1. The third kappa shape index (κ3) is 3.22. The van der Waals surface area contributed by atoms with Crippen molar-refractivity contribution in [2.45, 2.75) is 33.4 Å². The van der Waals surface area contributed by atoms with Crippen LogP contribution >= 0.6 is 11.3 Å². The van der Waals surface area contributed by atoms with Crippen molar-refractivity contribution in [3.63, 3.8) is 0 Å². The molecule has 0 fully saturated rings. The fourth-order valence-corrected chi connectivity index (χ4v) is 3.57. The van der Waals surface area contributed by atoms with Crippen molar-refractivity contribution in [3.05, 3.63) is 63.8 Å². The number of ketones is 1. The molecule has 2 aromatic rings. The molecule has 1 unspecified atom stereocenters. The summed E-state index contributed by atoms with van der Waals surface area (Å²) in [6, 6.07) is 8.51. The summed E-state index contributed by atoms with van der Waals surface area (Å²) in [4.78, 5) is 32.5. The lowest BCUT2D eigenvalue weighted by Crippen LogP contribution is -2.32. The van der Waals surface area contributed by atoms with Crippen LogP contribution in [-0.2, 0) is 16.1 Å². The minimum absolute atomic E-state index is 0.132. The predicted molar refractivity (Wildman–Crippen MR) is 96.0 cm³/mol. The van der Waals surface area contributed by atoms with Crippen molar-refractivity contribution in [1.29, 1.82) is 0 Å². The van der Waals surface area contributed by atoms with Crippen LogP contribution < -0.4 is 0 Å². The molecule has 25 heavy (non-hydrogen) atoms. The van der Waals surface area contributed by atoms with Gasteiger partial charge in [-0.1, -0.05) is 32.9 Å². The predicted octanol–water partition coefficient (Wildman–Crippen LogP) is 3.65. The molecule has 0 aliphatic carbocycles. The molecule has 130 valence electrons. The molecule has 0 saturated carbocycles. The van der Waals surface area contributed by atoms with Crippen LogP contribution in [0.25, 0.3) is 0 Å². The summed E-state index contributed by atoms with van der Waals surface area (Å²) in [6.07, 6.45) is 1.62. The van der Waals surface area contributed by atoms with E-state index in [1.165, 1.54) is 16.2 Å². The Balaban J connectivity index is 2.08. The van der Waals surface area contributed by atoms with Crippen LogP contribution in [0.1, 0.15) is 37.4 Å². The number of rotatable bonds is 4. The Morgan fingerprint density at radius 1 is 1.28 bits per heavy atom. The lowest BCUT2D eigenvalue weighted by Gasteiger charge is -2.27. The largest absolute Gasteiger partial charge is 0.503 e. The number of aromatic nitrogens is 1. The van der Waals surface area contributed by atoms with Crippen LogP contribution in [0, 0.1) is 5.41 Å². The molecule has 0 aromatic carbocycles. The van der Waals surface area contributed by atoms with Crippen LogP contribution in [0.5, 0.6) is 0 Å². The van der Waals surface area contributed by atoms with Gasteiger partial charge in [-0.05, 0) is 23.6 Å². The Morgan fingerprint density at radius 3 is 2.60 bits per heavy atom. The zero-order valence-electron chi connectivity index (χ0n) is 14.4. The first-order chi connectivity index (χ1) is 11.8. The zero-order chi connectivity index (χ0) is 18.2. The second-order valence-electron chi connectivity index (χ2n) is 7.01. The topological polar surface area (TPSA) is 70.5 Å². The minimum Gasteiger partial charge on any atom is -0.503 e. The van der Waals surface area contributed by atoms with Gasteiger partial charge >= 0.3 is 0 Å². The van der Waals surface area contributed by atoms with E-state index in [1.54, 1.807) is 39.1 Å². The average Bonchev–Trinajstić information content (AvgIpc) is 3.16.